The lowest BCUT2D eigenvalue weighted by Crippen LogP contribution is -2.05. The molecular formula is C12H10BrNO2. The third kappa shape index (κ3) is 2.22. The average molecular weight is 280 g/mol. The number of ether oxygens (including phenoxy) is 1. The highest BCUT2D eigenvalue weighted by Crippen LogP contribution is 2.26. The second-order valence-corrected chi connectivity index (χ2v) is 4.21. The van der Waals surface area contributed by atoms with Crippen molar-refractivity contribution in [3.8, 4) is 5.75 Å². The second kappa shape index (κ2) is 4.61. The Hall–Kier alpha value is -1.42. The van der Waals surface area contributed by atoms with Crippen LogP contribution in [0, 0.1) is 0 Å². The molecule has 1 aromatic heterocycles. The van der Waals surface area contributed by atoms with E-state index in [-0.39, 0.29) is 5.97 Å². The monoisotopic (exact) mass is 279 g/mol. The van der Waals surface area contributed by atoms with Crippen LogP contribution in [0.1, 0.15) is 13.3 Å². The van der Waals surface area contributed by atoms with Gasteiger partial charge in [-0.2, -0.15) is 0 Å². The molecule has 0 saturated heterocycles. The maximum absolute atomic E-state index is 11.2. The van der Waals surface area contributed by atoms with Gasteiger partial charge in [-0.25, -0.2) is 0 Å². The van der Waals surface area contributed by atoms with Crippen LogP contribution >= 0.6 is 15.9 Å². The minimum Gasteiger partial charge on any atom is -0.426 e. The molecule has 0 aliphatic rings. The SMILES string of the molecule is CCC(=O)Oc1ccnc2cc(Br)ccc12. The van der Waals surface area contributed by atoms with Crippen molar-refractivity contribution in [3.63, 3.8) is 0 Å². The van der Waals surface area contributed by atoms with E-state index in [4.69, 9.17) is 4.74 Å². The topological polar surface area (TPSA) is 39.2 Å². The molecule has 2 rings (SSSR count). The van der Waals surface area contributed by atoms with Gasteiger partial charge in [-0.3, -0.25) is 9.78 Å². The summed E-state index contributed by atoms with van der Waals surface area (Å²) in [5.41, 5.74) is 0.802. The first-order chi connectivity index (χ1) is 7.70. The Kier molecular flexibility index (Phi) is 3.19. The Morgan fingerprint density at radius 2 is 2.25 bits per heavy atom. The molecule has 0 fully saturated rings. The van der Waals surface area contributed by atoms with Crippen LogP contribution < -0.4 is 4.74 Å². The Labute approximate surface area is 102 Å². The molecule has 0 N–H and O–H groups in total. The smallest absolute Gasteiger partial charge is 0.310 e. The summed E-state index contributed by atoms with van der Waals surface area (Å²) in [7, 11) is 0. The summed E-state index contributed by atoms with van der Waals surface area (Å²) in [6, 6.07) is 7.36. The van der Waals surface area contributed by atoms with Crippen LogP contribution in [0.3, 0.4) is 0 Å². The van der Waals surface area contributed by atoms with Crippen LogP contribution in [-0.4, -0.2) is 11.0 Å². The lowest BCUT2D eigenvalue weighted by atomic mass is 10.2. The first kappa shape index (κ1) is 11.1. The Morgan fingerprint density at radius 1 is 1.44 bits per heavy atom. The normalized spacial score (nSPS) is 10.4. The Morgan fingerprint density at radius 3 is 3.00 bits per heavy atom. The summed E-state index contributed by atoms with van der Waals surface area (Å²) in [6.45, 7) is 1.77. The third-order valence-electron chi connectivity index (χ3n) is 2.18. The van der Waals surface area contributed by atoms with Gasteiger partial charge < -0.3 is 4.74 Å². The van der Waals surface area contributed by atoms with Crippen LogP contribution in [0.4, 0.5) is 0 Å². The molecule has 0 amide bonds. The molecule has 0 atom stereocenters. The van der Waals surface area contributed by atoms with Gasteiger partial charge in [0, 0.05) is 22.5 Å². The van der Waals surface area contributed by atoms with Crippen LogP contribution in [0.2, 0.25) is 0 Å². The highest BCUT2D eigenvalue weighted by atomic mass is 79.9. The van der Waals surface area contributed by atoms with Crippen LogP contribution in [0.25, 0.3) is 10.9 Å². The van der Waals surface area contributed by atoms with Crippen molar-refractivity contribution in [2.75, 3.05) is 0 Å². The number of halogens is 1. The molecule has 4 heteroatoms. The molecule has 0 saturated carbocycles. The zero-order valence-electron chi connectivity index (χ0n) is 8.74. The van der Waals surface area contributed by atoms with E-state index in [2.05, 4.69) is 20.9 Å². The van der Waals surface area contributed by atoms with Gasteiger partial charge in [0.1, 0.15) is 5.75 Å². The van der Waals surface area contributed by atoms with Crippen LogP contribution in [0.15, 0.2) is 34.9 Å². The van der Waals surface area contributed by atoms with Crippen molar-refractivity contribution in [1.82, 2.24) is 4.98 Å². The number of aromatic nitrogens is 1. The molecule has 82 valence electrons. The summed E-state index contributed by atoms with van der Waals surface area (Å²) in [4.78, 5) is 15.5. The van der Waals surface area contributed by atoms with E-state index in [0.29, 0.717) is 12.2 Å². The number of carbonyl (C=O) groups is 1. The zero-order valence-corrected chi connectivity index (χ0v) is 10.3. The highest BCUT2D eigenvalue weighted by molar-refractivity contribution is 9.10. The van der Waals surface area contributed by atoms with E-state index in [1.807, 2.05) is 18.2 Å². The fourth-order valence-electron chi connectivity index (χ4n) is 1.38. The van der Waals surface area contributed by atoms with Crippen molar-refractivity contribution in [1.29, 1.82) is 0 Å². The highest BCUT2D eigenvalue weighted by Gasteiger charge is 2.06. The van der Waals surface area contributed by atoms with Crippen molar-refractivity contribution in [2.24, 2.45) is 0 Å². The van der Waals surface area contributed by atoms with E-state index in [1.165, 1.54) is 0 Å². The van der Waals surface area contributed by atoms with Gasteiger partial charge in [-0.05, 0) is 24.3 Å². The quantitative estimate of drug-likeness (QED) is 0.792. The predicted molar refractivity (Wildman–Crippen MR) is 65.4 cm³/mol. The molecule has 0 spiro atoms. The summed E-state index contributed by atoms with van der Waals surface area (Å²) in [5.74, 6) is 0.319. The molecule has 1 aromatic carbocycles. The molecule has 0 unspecified atom stereocenters. The number of hydrogen-bond acceptors (Lipinski definition) is 3. The van der Waals surface area contributed by atoms with Gasteiger partial charge >= 0.3 is 5.97 Å². The fraction of sp³-hybridized carbons (Fsp3) is 0.167. The molecule has 0 aliphatic carbocycles. The van der Waals surface area contributed by atoms with Gasteiger partial charge in [-0.15, -0.1) is 0 Å². The van der Waals surface area contributed by atoms with Gasteiger partial charge in [0.2, 0.25) is 0 Å². The number of rotatable bonds is 2. The zero-order chi connectivity index (χ0) is 11.5. The van der Waals surface area contributed by atoms with E-state index >= 15 is 0 Å². The number of nitrogens with zero attached hydrogens (tertiary/aromatic N) is 1. The summed E-state index contributed by atoms with van der Waals surface area (Å²) in [6.07, 6.45) is 1.99. The minimum absolute atomic E-state index is 0.240. The maximum Gasteiger partial charge on any atom is 0.310 e. The molecule has 0 radical (unpaired) electrons. The Bertz CT molecular complexity index is 540. The van der Waals surface area contributed by atoms with Gasteiger partial charge in [-0.1, -0.05) is 22.9 Å². The van der Waals surface area contributed by atoms with Crippen molar-refractivity contribution < 1.29 is 9.53 Å². The lowest BCUT2D eigenvalue weighted by molar-refractivity contribution is -0.133. The Balaban J connectivity index is 2.49. The second-order valence-electron chi connectivity index (χ2n) is 3.30. The number of esters is 1. The van der Waals surface area contributed by atoms with E-state index in [9.17, 15) is 4.79 Å². The van der Waals surface area contributed by atoms with Crippen molar-refractivity contribution in [2.45, 2.75) is 13.3 Å². The molecule has 0 bridgehead atoms. The number of fused-ring (bicyclic) bond motifs is 1. The summed E-state index contributed by atoms with van der Waals surface area (Å²) >= 11 is 3.37. The van der Waals surface area contributed by atoms with E-state index in [0.717, 1.165) is 15.4 Å². The standard InChI is InChI=1S/C12H10BrNO2/c1-2-12(15)16-11-5-6-14-10-7-8(13)3-4-9(10)11/h3-7H,2H2,1H3. The van der Waals surface area contributed by atoms with Crippen LogP contribution in [-0.2, 0) is 4.79 Å². The first-order valence-corrected chi connectivity index (χ1v) is 5.75. The number of carbonyl (C=O) groups excluding carboxylic acids is 1. The lowest BCUT2D eigenvalue weighted by Gasteiger charge is -2.06. The summed E-state index contributed by atoms with van der Waals surface area (Å²) in [5, 5.41) is 0.840. The molecular weight excluding hydrogens is 270 g/mol. The third-order valence-corrected chi connectivity index (χ3v) is 2.67. The molecule has 2 aromatic rings. The molecule has 1 heterocycles. The number of benzene rings is 1. The summed E-state index contributed by atoms with van der Waals surface area (Å²) < 4.78 is 6.17. The van der Waals surface area contributed by atoms with Gasteiger partial charge in [0.05, 0.1) is 5.52 Å². The largest absolute Gasteiger partial charge is 0.426 e. The van der Waals surface area contributed by atoms with Crippen LogP contribution in [0.5, 0.6) is 5.75 Å². The predicted octanol–water partition coefficient (Wildman–Crippen LogP) is 3.31. The van der Waals surface area contributed by atoms with E-state index < -0.39 is 0 Å². The first-order valence-electron chi connectivity index (χ1n) is 4.95. The van der Waals surface area contributed by atoms with Gasteiger partial charge in [0.15, 0.2) is 0 Å². The fourth-order valence-corrected chi connectivity index (χ4v) is 1.73. The number of hydrogen-bond donors (Lipinski definition) is 0. The number of pyridine rings is 1. The minimum atomic E-state index is -0.240. The average Bonchev–Trinajstić information content (AvgIpc) is 2.28. The molecule has 16 heavy (non-hydrogen) atoms. The van der Waals surface area contributed by atoms with E-state index in [1.54, 1.807) is 19.2 Å². The van der Waals surface area contributed by atoms with Crippen molar-refractivity contribution >= 4 is 32.8 Å². The maximum atomic E-state index is 11.2. The van der Waals surface area contributed by atoms with Gasteiger partial charge in [0.25, 0.3) is 0 Å². The molecule has 3 nitrogen and oxygen atoms in total. The van der Waals surface area contributed by atoms with Crippen molar-refractivity contribution in [3.05, 3.63) is 34.9 Å². The molecule has 0 aliphatic heterocycles.